The van der Waals surface area contributed by atoms with Gasteiger partial charge in [-0.3, -0.25) is 14.3 Å². The Balaban J connectivity index is 1.18. The topological polar surface area (TPSA) is 85.7 Å². The number of likely N-dealkylation sites (tertiary alicyclic amines) is 1. The van der Waals surface area contributed by atoms with Gasteiger partial charge in [-0.05, 0) is 43.4 Å². The molecule has 3 heterocycles. The number of amides is 2. The van der Waals surface area contributed by atoms with Crippen LogP contribution < -0.4 is 14.8 Å². The minimum Gasteiger partial charge on any atom is -0.486 e. The third kappa shape index (κ3) is 5.57. The number of anilines is 1. The molecule has 2 aliphatic heterocycles. The number of rotatable bonds is 7. The monoisotopic (exact) mass is 426 g/mol. The van der Waals surface area contributed by atoms with E-state index in [2.05, 4.69) is 10.4 Å². The predicted octanol–water partition coefficient (Wildman–Crippen LogP) is 2.95. The molecule has 8 nitrogen and oxygen atoms in total. The number of carbonyl (C=O) groups is 2. The number of piperidine rings is 1. The molecule has 0 radical (unpaired) electrons. The van der Waals surface area contributed by atoms with Crippen molar-refractivity contribution >= 4 is 17.5 Å². The Morgan fingerprint density at radius 3 is 2.71 bits per heavy atom. The van der Waals surface area contributed by atoms with E-state index < -0.39 is 0 Å². The summed E-state index contributed by atoms with van der Waals surface area (Å²) in [5.41, 5.74) is 0.723. The van der Waals surface area contributed by atoms with Crippen LogP contribution in [0.5, 0.6) is 11.5 Å². The first kappa shape index (κ1) is 21.2. The van der Waals surface area contributed by atoms with Crippen LogP contribution in [0.25, 0.3) is 0 Å². The van der Waals surface area contributed by atoms with Crippen LogP contribution in [0.2, 0.25) is 0 Å². The molecule has 31 heavy (non-hydrogen) atoms. The largest absolute Gasteiger partial charge is 0.486 e. The summed E-state index contributed by atoms with van der Waals surface area (Å²) in [6.07, 6.45) is 6.80. The molecule has 2 amide bonds. The first-order chi connectivity index (χ1) is 15.1. The second-order valence-corrected chi connectivity index (χ2v) is 8.34. The van der Waals surface area contributed by atoms with Gasteiger partial charge in [0.1, 0.15) is 13.2 Å². The van der Waals surface area contributed by atoms with Crippen molar-refractivity contribution in [2.45, 2.75) is 39.2 Å². The quantitative estimate of drug-likeness (QED) is 0.736. The van der Waals surface area contributed by atoms with Crippen molar-refractivity contribution in [2.75, 3.05) is 31.6 Å². The van der Waals surface area contributed by atoms with Gasteiger partial charge < -0.3 is 19.7 Å². The molecule has 0 unspecified atom stereocenters. The zero-order valence-corrected chi connectivity index (χ0v) is 18.0. The molecule has 1 atom stereocenters. The molecule has 1 aromatic carbocycles. The first-order valence-corrected chi connectivity index (χ1v) is 11.0. The van der Waals surface area contributed by atoms with E-state index in [0.717, 1.165) is 38.0 Å². The second kappa shape index (κ2) is 9.85. The summed E-state index contributed by atoms with van der Waals surface area (Å²) in [5, 5.41) is 7.13. The molecule has 0 saturated carbocycles. The van der Waals surface area contributed by atoms with Gasteiger partial charge in [0.25, 0.3) is 0 Å². The van der Waals surface area contributed by atoms with Crippen LogP contribution in [0.1, 0.15) is 32.6 Å². The Morgan fingerprint density at radius 2 is 1.97 bits per heavy atom. The number of nitrogens with zero attached hydrogens (tertiary/aromatic N) is 3. The Kier molecular flexibility index (Phi) is 6.74. The highest BCUT2D eigenvalue weighted by Gasteiger charge is 2.26. The third-order valence-electron chi connectivity index (χ3n) is 5.97. The average molecular weight is 427 g/mol. The molecule has 1 saturated heterocycles. The number of benzene rings is 1. The molecular formula is C23H30N4O4. The fourth-order valence-corrected chi connectivity index (χ4v) is 4.20. The van der Waals surface area contributed by atoms with Gasteiger partial charge in [0.2, 0.25) is 11.8 Å². The summed E-state index contributed by atoms with van der Waals surface area (Å²) in [4.78, 5) is 27.0. The summed E-state index contributed by atoms with van der Waals surface area (Å²) in [5.74, 6) is 1.95. The van der Waals surface area contributed by atoms with Crippen molar-refractivity contribution < 1.29 is 19.1 Å². The molecule has 1 N–H and O–H groups in total. The smallest absolute Gasteiger partial charge is 0.227 e. The summed E-state index contributed by atoms with van der Waals surface area (Å²) in [6.45, 7) is 5.15. The zero-order chi connectivity index (χ0) is 21.6. The molecule has 1 fully saturated rings. The van der Waals surface area contributed by atoms with Crippen LogP contribution >= 0.6 is 0 Å². The summed E-state index contributed by atoms with van der Waals surface area (Å²) in [7, 11) is 0. The van der Waals surface area contributed by atoms with Crippen LogP contribution in [-0.2, 0) is 16.1 Å². The standard InChI is InChI=1S/C23H30N4O4/c1-17(16-27-10-2-9-24-27)23(29)26-11-7-18(8-12-26)3-6-22(28)25-19-4-5-20-21(15-19)31-14-13-30-20/h2,4-5,9-10,15,17-18H,3,6-8,11-14,16H2,1H3,(H,25,28)/t17-/m0/s1. The molecular weight excluding hydrogens is 396 g/mol. The highest BCUT2D eigenvalue weighted by atomic mass is 16.6. The molecule has 0 spiro atoms. The van der Waals surface area contributed by atoms with Gasteiger partial charge in [0.05, 0.1) is 12.5 Å². The lowest BCUT2D eigenvalue weighted by molar-refractivity contribution is -0.137. The number of hydrogen-bond donors (Lipinski definition) is 1. The number of nitrogens with one attached hydrogen (secondary N) is 1. The molecule has 2 aromatic rings. The van der Waals surface area contributed by atoms with E-state index in [1.54, 1.807) is 16.9 Å². The summed E-state index contributed by atoms with van der Waals surface area (Å²) in [6, 6.07) is 7.33. The minimum absolute atomic E-state index is 0.00280. The number of hydrogen-bond acceptors (Lipinski definition) is 5. The van der Waals surface area contributed by atoms with E-state index in [0.29, 0.717) is 43.6 Å². The van der Waals surface area contributed by atoms with Gasteiger partial charge in [-0.25, -0.2) is 0 Å². The number of aromatic nitrogens is 2. The number of carbonyl (C=O) groups excluding carboxylic acids is 2. The van der Waals surface area contributed by atoms with Crippen LogP contribution in [0.15, 0.2) is 36.7 Å². The highest BCUT2D eigenvalue weighted by molar-refractivity contribution is 5.91. The normalized spacial score (nSPS) is 17.3. The van der Waals surface area contributed by atoms with Crippen molar-refractivity contribution in [3.05, 3.63) is 36.7 Å². The third-order valence-corrected chi connectivity index (χ3v) is 5.97. The van der Waals surface area contributed by atoms with Crippen molar-refractivity contribution in [3.63, 3.8) is 0 Å². The van der Waals surface area contributed by atoms with Gasteiger partial charge >= 0.3 is 0 Å². The first-order valence-electron chi connectivity index (χ1n) is 11.0. The fourth-order valence-electron chi connectivity index (χ4n) is 4.20. The van der Waals surface area contributed by atoms with Crippen molar-refractivity contribution in [2.24, 2.45) is 11.8 Å². The molecule has 166 valence electrons. The maximum Gasteiger partial charge on any atom is 0.227 e. The van der Waals surface area contributed by atoms with E-state index in [9.17, 15) is 9.59 Å². The van der Waals surface area contributed by atoms with Gasteiger partial charge in [-0.1, -0.05) is 6.92 Å². The lowest BCUT2D eigenvalue weighted by Gasteiger charge is -2.33. The Morgan fingerprint density at radius 1 is 1.19 bits per heavy atom. The highest BCUT2D eigenvalue weighted by Crippen LogP contribution is 2.32. The maximum absolute atomic E-state index is 12.7. The second-order valence-electron chi connectivity index (χ2n) is 8.34. The zero-order valence-electron chi connectivity index (χ0n) is 18.0. The molecule has 8 heteroatoms. The number of ether oxygens (including phenoxy) is 2. The summed E-state index contributed by atoms with van der Waals surface area (Å²) >= 11 is 0. The Hall–Kier alpha value is -3.03. The van der Waals surface area contributed by atoms with Gasteiger partial charge in [0.15, 0.2) is 11.5 Å². The maximum atomic E-state index is 12.7. The van der Waals surface area contributed by atoms with Gasteiger partial charge in [-0.2, -0.15) is 5.10 Å². The Labute approximate surface area is 182 Å². The molecule has 0 aliphatic carbocycles. The lowest BCUT2D eigenvalue weighted by atomic mass is 9.91. The van der Waals surface area contributed by atoms with Gasteiger partial charge in [0, 0.05) is 43.7 Å². The van der Waals surface area contributed by atoms with E-state index in [1.807, 2.05) is 36.2 Å². The van der Waals surface area contributed by atoms with Crippen LogP contribution in [0.4, 0.5) is 5.69 Å². The lowest BCUT2D eigenvalue weighted by Crippen LogP contribution is -2.42. The van der Waals surface area contributed by atoms with Crippen molar-refractivity contribution in [3.8, 4) is 11.5 Å². The SMILES string of the molecule is C[C@@H](Cn1cccn1)C(=O)N1CCC(CCC(=O)Nc2ccc3c(c2)OCCO3)CC1. The Bertz CT molecular complexity index is 891. The van der Waals surface area contributed by atoms with Crippen molar-refractivity contribution in [1.29, 1.82) is 0 Å². The minimum atomic E-state index is -0.0896. The van der Waals surface area contributed by atoms with Crippen LogP contribution in [0, 0.1) is 11.8 Å². The van der Waals surface area contributed by atoms with E-state index in [-0.39, 0.29) is 17.7 Å². The average Bonchev–Trinajstić information content (AvgIpc) is 3.30. The van der Waals surface area contributed by atoms with E-state index in [4.69, 9.17) is 9.47 Å². The predicted molar refractivity (Wildman–Crippen MR) is 116 cm³/mol. The van der Waals surface area contributed by atoms with E-state index in [1.165, 1.54) is 0 Å². The van der Waals surface area contributed by atoms with Crippen LogP contribution in [-0.4, -0.2) is 52.8 Å². The van der Waals surface area contributed by atoms with Gasteiger partial charge in [-0.15, -0.1) is 0 Å². The number of fused-ring (bicyclic) bond motifs is 1. The summed E-state index contributed by atoms with van der Waals surface area (Å²) < 4.78 is 12.9. The fraction of sp³-hybridized carbons (Fsp3) is 0.522. The molecule has 4 rings (SSSR count). The molecule has 0 bridgehead atoms. The van der Waals surface area contributed by atoms with Crippen molar-refractivity contribution in [1.82, 2.24) is 14.7 Å². The molecule has 1 aromatic heterocycles. The van der Waals surface area contributed by atoms with E-state index >= 15 is 0 Å². The van der Waals surface area contributed by atoms with Crippen LogP contribution in [0.3, 0.4) is 0 Å². The molecule has 2 aliphatic rings.